The number of para-hydroxylation sites is 1. The molecule has 0 aliphatic heterocycles. The molecule has 0 spiro atoms. The van der Waals surface area contributed by atoms with Gasteiger partial charge in [-0.2, -0.15) is 0 Å². The van der Waals surface area contributed by atoms with Crippen molar-refractivity contribution in [1.29, 1.82) is 0 Å². The Morgan fingerprint density at radius 3 is 2.62 bits per heavy atom. The van der Waals surface area contributed by atoms with Gasteiger partial charge in [-0.15, -0.1) is 0 Å². The molecule has 0 saturated heterocycles. The zero-order valence-electron chi connectivity index (χ0n) is 9.82. The molecule has 2 nitrogen and oxygen atoms in total. The van der Waals surface area contributed by atoms with Crippen LogP contribution in [0.2, 0.25) is 0 Å². The van der Waals surface area contributed by atoms with E-state index in [0.717, 1.165) is 27.6 Å². The molecule has 3 rings (SSSR count). The number of fused-ring (bicyclic) bond motifs is 3. The van der Waals surface area contributed by atoms with Gasteiger partial charge in [-0.05, 0) is 30.7 Å². The van der Waals surface area contributed by atoms with E-state index in [1.165, 1.54) is 0 Å². The zero-order chi connectivity index (χ0) is 11.5. The Kier molecular flexibility index (Phi) is 2.91. The first-order valence-corrected chi connectivity index (χ1v) is 5.58. The largest absolute Gasteiger partial charge is 0.454 e. The number of hydrogen-bond acceptors (Lipinski definition) is 2. The smallest absolute Gasteiger partial charge is 0.154 e. The molecule has 3 aromatic rings. The highest BCUT2D eigenvalue weighted by molar-refractivity contribution is 6.02. The van der Waals surface area contributed by atoms with Gasteiger partial charge in [0.1, 0.15) is 11.1 Å². The summed E-state index contributed by atoms with van der Waals surface area (Å²) in [5, 5.41) is 1.09. The molecule has 0 bridgehead atoms. The first-order chi connectivity index (χ1) is 7.84. The van der Waals surface area contributed by atoms with E-state index in [4.69, 9.17) is 4.42 Å². The lowest BCUT2D eigenvalue weighted by atomic mass is 10.2. The second kappa shape index (κ2) is 4.35. The van der Waals surface area contributed by atoms with Gasteiger partial charge in [0.25, 0.3) is 0 Å². The lowest BCUT2D eigenvalue weighted by Crippen LogP contribution is -1.75. The van der Waals surface area contributed by atoms with Crippen LogP contribution >= 0.6 is 0 Å². The Bertz CT molecular complexity index is 610. The molecule has 16 heavy (non-hydrogen) atoms. The number of rotatable bonds is 0. The van der Waals surface area contributed by atoms with Crippen LogP contribution in [0.15, 0.2) is 40.9 Å². The van der Waals surface area contributed by atoms with Crippen LogP contribution in [0.3, 0.4) is 0 Å². The predicted molar refractivity (Wildman–Crippen MR) is 67.6 cm³/mol. The Labute approximate surface area is 94.9 Å². The van der Waals surface area contributed by atoms with E-state index in [2.05, 4.69) is 4.98 Å². The van der Waals surface area contributed by atoms with E-state index in [-0.39, 0.29) is 0 Å². The highest BCUT2D eigenvalue weighted by Crippen LogP contribution is 2.26. The van der Waals surface area contributed by atoms with Crippen molar-refractivity contribution in [2.24, 2.45) is 0 Å². The maximum absolute atomic E-state index is 5.67. The maximum atomic E-state index is 5.67. The van der Waals surface area contributed by atoms with Gasteiger partial charge >= 0.3 is 0 Å². The van der Waals surface area contributed by atoms with E-state index < -0.39 is 0 Å². The van der Waals surface area contributed by atoms with Crippen LogP contribution in [0.1, 0.15) is 19.4 Å². The SMILES string of the molecule is CC.Cc1cnc2c(c1)oc1ccccc12. The fraction of sp³-hybridized carbons (Fsp3) is 0.214. The third kappa shape index (κ3) is 1.67. The number of aromatic nitrogens is 1. The van der Waals surface area contributed by atoms with Gasteiger partial charge in [0.05, 0.1) is 0 Å². The molecule has 82 valence electrons. The van der Waals surface area contributed by atoms with Gasteiger partial charge < -0.3 is 4.42 Å². The van der Waals surface area contributed by atoms with Crippen LogP contribution < -0.4 is 0 Å². The zero-order valence-corrected chi connectivity index (χ0v) is 9.82. The molecule has 2 heterocycles. The van der Waals surface area contributed by atoms with Crippen LogP contribution in [0, 0.1) is 6.92 Å². The first kappa shape index (κ1) is 10.7. The summed E-state index contributed by atoms with van der Waals surface area (Å²) in [7, 11) is 0. The molecule has 0 unspecified atom stereocenters. The molecule has 1 aromatic carbocycles. The fourth-order valence-corrected chi connectivity index (χ4v) is 1.69. The standard InChI is InChI=1S/C12H9NO.C2H6/c1-8-6-11-12(13-7-8)9-4-2-3-5-10(9)14-11;1-2/h2-7H,1H3;1-2H3. The van der Waals surface area contributed by atoms with Gasteiger partial charge in [-0.25, -0.2) is 0 Å². The van der Waals surface area contributed by atoms with Crippen molar-refractivity contribution in [3.8, 4) is 0 Å². The van der Waals surface area contributed by atoms with Crippen molar-refractivity contribution >= 4 is 22.1 Å². The average molecular weight is 213 g/mol. The maximum Gasteiger partial charge on any atom is 0.154 e. The number of hydrogen-bond donors (Lipinski definition) is 0. The Morgan fingerprint density at radius 1 is 1.06 bits per heavy atom. The van der Waals surface area contributed by atoms with E-state index in [1.807, 2.05) is 57.3 Å². The molecule has 0 fully saturated rings. The summed E-state index contributed by atoms with van der Waals surface area (Å²) in [5.41, 5.74) is 3.84. The number of nitrogens with zero attached hydrogens (tertiary/aromatic N) is 1. The van der Waals surface area contributed by atoms with Gasteiger partial charge in [-0.1, -0.05) is 26.0 Å². The molecule has 0 atom stereocenters. The normalized spacial score (nSPS) is 10.2. The van der Waals surface area contributed by atoms with Gasteiger partial charge in [0.15, 0.2) is 5.58 Å². The van der Waals surface area contributed by atoms with Crippen molar-refractivity contribution in [1.82, 2.24) is 4.98 Å². The topological polar surface area (TPSA) is 26.0 Å². The van der Waals surface area contributed by atoms with Crippen LogP contribution in [0.25, 0.3) is 22.1 Å². The van der Waals surface area contributed by atoms with Crippen LogP contribution in [0.4, 0.5) is 0 Å². The minimum atomic E-state index is 0.867. The van der Waals surface area contributed by atoms with Crippen LogP contribution in [0.5, 0.6) is 0 Å². The van der Waals surface area contributed by atoms with Crippen molar-refractivity contribution in [2.45, 2.75) is 20.8 Å². The Morgan fingerprint density at radius 2 is 1.81 bits per heavy atom. The Balaban J connectivity index is 0.000000457. The minimum Gasteiger partial charge on any atom is -0.454 e. The number of furan rings is 1. The van der Waals surface area contributed by atoms with E-state index in [1.54, 1.807) is 0 Å². The minimum absolute atomic E-state index is 0.867. The average Bonchev–Trinajstić information content (AvgIpc) is 2.68. The lowest BCUT2D eigenvalue weighted by molar-refractivity contribution is 0.667. The summed E-state index contributed by atoms with van der Waals surface area (Å²) in [6.07, 6.45) is 1.87. The molecule has 0 saturated carbocycles. The predicted octanol–water partition coefficient (Wildman–Crippen LogP) is 4.32. The number of pyridine rings is 1. The van der Waals surface area contributed by atoms with E-state index >= 15 is 0 Å². The van der Waals surface area contributed by atoms with Crippen molar-refractivity contribution in [2.75, 3.05) is 0 Å². The summed E-state index contributed by atoms with van der Waals surface area (Å²) in [6, 6.07) is 9.98. The second-order valence-corrected chi connectivity index (χ2v) is 3.46. The van der Waals surface area contributed by atoms with Gasteiger partial charge in [0, 0.05) is 11.6 Å². The molecule has 0 amide bonds. The van der Waals surface area contributed by atoms with Gasteiger partial charge in [0.2, 0.25) is 0 Å². The number of benzene rings is 1. The molecular weight excluding hydrogens is 198 g/mol. The van der Waals surface area contributed by atoms with Crippen LogP contribution in [-0.4, -0.2) is 4.98 Å². The van der Waals surface area contributed by atoms with Gasteiger partial charge in [-0.3, -0.25) is 4.98 Å². The third-order valence-corrected chi connectivity index (χ3v) is 2.35. The molecule has 2 heteroatoms. The summed E-state index contributed by atoms with van der Waals surface area (Å²) >= 11 is 0. The highest BCUT2D eigenvalue weighted by atomic mass is 16.3. The summed E-state index contributed by atoms with van der Waals surface area (Å²) in [5.74, 6) is 0. The first-order valence-electron chi connectivity index (χ1n) is 5.58. The van der Waals surface area contributed by atoms with E-state index in [0.29, 0.717) is 0 Å². The second-order valence-electron chi connectivity index (χ2n) is 3.46. The molecule has 0 aliphatic rings. The van der Waals surface area contributed by atoms with E-state index in [9.17, 15) is 0 Å². The summed E-state index contributed by atoms with van der Waals surface area (Å²) < 4.78 is 5.67. The highest BCUT2D eigenvalue weighted by Gasteiger charge is 2.06. The number of aryl methyl sites for hydroxylation is 1. The van der Waals surface area contributed by atoms with Crippen molar-refractivity contribution in [3.05, 3.63) is 42.1 Å². The summed E-state index contributed by atoms with van der Waals surface area (Å²) in [4.78, 5) is 4.38. The Hall–Kier alpha value is -1.83. The molecule has 0 radical (unpaired) electrons. The third-order valence-electron chi connectivity index (χ3n) is 2.35. The lowest BCUT2D eigenvalue weighted by Gasteiger charge is -1.89. The monoisotopic (exact) mass is 213 g/mol. The van der Waals surface area contributed by atoms with Crippen molar-refractivity contribution < 1.29 is 4.42 Å². The van der Waals surface area contributed by atoms with Crippen molar-refractivity contribution in [3.63, 3.8) is 0 Å². The molecule has 0 aliphatic carbocycles. The molecule has 2 aromatic heterocycles. The molecule has 0 N–H and O–H groups in total. The van der Waals surface area contributed by atoms with Crippen LogP contribution in [-0.2, 0) is 0 Å². The quantitative estimate of drug-likeness (QED) is 0.556. The fourth-order valence-electron chi connectivity index (χ4n) is 1.69. The molecular formula is C14H15NO. The summed E-state index contributed by atoms with van der Waals surface area (Å²) in [6.45, 7) is 6.01.